The molecule has 188 valence electrons. The third-order valence-corrected chi connectivity index (χ3v) is 7.23. The second-order valence-corrected chi connectivity index (χ2v) is 10.00. The van der Waals surface area contributed by atoms with Gasteiger partial charge in [-0.3, -0.25) is 0 Å². The van der Waals surface area contributed by atoms with Crippen LogP contribution in [0.4, 0.5) is 11.4 Å². The van der Waals surface area contributed by atoms with E-state index in [1.807, 2.05) is 11.8 Å². The molecule has 2 heterocycles. The highest BCUT2D eigenvalue weighted by molar-refractivity contribution is 7.99. The molecule has 9 heteroatoms. The van der Waals surface area contributed by atoms with Gasteiger partial charge in [-0.25, -0.2) is 0 Å². The molecule has 0 bridgehead atoms. The number of carboxylic acids is 2. The number of para-hydroxylation sites is 1. The van der Waals surface area contributed by atoms with Gasteiger partial charge in [-0.05, 0) is 74.2 Å². The maximum atomic E-state index is 9.41. The smallest absolute Gasteiger partial charge is 0.0643 e. The number of likely N-dealkylation sites (N-methyl/N-ethyl adjacent to an activating group) is 1. The fourth-order valence-corrected chi connectivity index (χ4v) is 5.48. The van der Waals surface area contributed by atoms with Crippen LogP contribution in [0, 0.1) is 0 Å². The second-order valence-electron chi connectivity index (χ2n) is 8.47. The van der Waals surface area contributed by atoms with Crippen LogP contribution in [-0.2, 0) is 16.0 Å². The normalized spacial score (nSPS) is 15.8. The summed E-state index contributed by atoms with van der Waals surface area (Å²) in [7, 11) is 2.22. The first-order valence-electron chi connectivity index (χ1n) is 11.7. The van der Waals surface area contributed by atoms with E-state index < -0.39 is 11.9 Å². The van der Waals surface area contributed by atoms with Crippen LogP contribution in [0.3, 0.4) is 0 Å². The molecule has 0 amide bonds. The van der Waals surface area contributed by atoms with Crippen LogP contribution in [0.5, 0.6) is 0 Å². The molecule has 0 unspecified atom stereocenters. The lowest BCUT2D eigenvalue weighted by Gasteiger charge is -2.35. The maximum Gasteiger partial charge on any atom is 0.0643 e. The lowest BCUT2D eigenvalue weighted by molar-refractivity contribution is -0.301. The number of piperazine rings is 1. The first kappa shape index (κ1) is 27.1. The van der Waals surface area contributed by atoms with Gasteiger partial charge in [-0.1, -0.05) is 30.0 Å². The van der Waals surface area contributed by atoms with Crippen molar-refractivity contribution in [1.82, 2.24) is 9.80 Å². The van der Waals surface area contributed by atoms with E-state index in [9.17, 15) is 19.8 Å². The molecule has 2 aliphatic rings. The Balaban J connectivity index is 0.000000371. The average molecular weight is 514 g/mol. The van der Waals surface area contributed by atoms with Crippen molar-refractivity contribution in [2.75, 3.05) is 57.0 Å². The number of thiol groups is 1. The maximum absolute atomic E-state index is 9.41. The number of hydrogen-bond donors (Lipinski definition) is 1. The zero-order valence-corrected chi connectivity index (χ0v) is 21.6. The molecular formula is C26H31N3O4S2-2. The molecule has 2 aliphatic heterocycles. The van der Waals surface area contributed by atoms with Gasteiger partial charge in [0.2, 0.25) is 0 Å². The predicted molar refractivity (Wildman–Crippen MR) is 139 cm³/mol. The van der Waals surface area contributed by atoms with E-state index in [0.717, 1.165) is 18.7 Å². The van der Waals surface area contributed by atoms with Gasteiger partial charge < -0.3 is 34.5 Å². The van der Waals surface area contributed by atoms with E-state index in [2.05, 4.69) is 76.8 Å². The van der Waals surface area contributed by atoms with Crippen molar-refractivity contribution in [3.63, 3.8) is 0 Å². The van der Waals surface area contributed by atoms with Crippen molar-refractivity contribution >= 4 is 47.7 Å². The summed E-state index contributed by atoms with van der Waals surface area (Å²) in [5, 5.41) is 18.8. The van der Waals surface area contributed by atoms with Crippen molar-refractivity contribution in [1.29, 1.82) is 0 Å². The summed E-state index contributed by atoms with van der Waals surface area (Å²) < 4.78 is 0. The van der Waals surface area contributed by atoms with Crippen molar-refractivity contribution in [3.8, 4) is 0 Å². The molecule has 0 aromatic heterocycles. The Kier molecular flexibility index (Phi) is 10.5. The number of aryl methyl sites for hydroxylation is 1. The fraction of sp³-hybridized carbons (Fsp3) is 0.385. The van der Waals surface area contributed by atoms with Gasteiger partial charge in [-0.2, -0.15) is 12.6 Å². The number of rotatable bonds is 8. The third kappa shape index (κ3) is 8.31. The molecular weight excluding hydrogens is 482 g/mol. The number of benzene rings is 2. The molecule has 2 aromatic rings. The molecule has 35 heavy (non-hydrogen) atoms. The molecule has 0 spiro atoms. The summed E-state index contributed by atoms with van der Waals surface area (Å²) in [6, 6.07) is 15.8. The summed E-state index contributed by atoms with van der Waals surface area (Å²) in [4.78, 5) is 29.1. The highest BCUT2D eigenvalue weighted by atomic mass is 32.2. The van der Waals surface area contributed by atoms with Gasteiger partial charge in [0.1, 0.15) is 0 Å². The number of nitrogens with zero attached hydrogens (tertiary/aromatic N) is 3. The van der Waals surface area contributed by atoms with Gasteiger partial charge in [0.25, 0.3) is 0 Å². The minimum atomic E-state index is -1.55. The number of carbonyl (C=O) groups is 2. The van der Waals surface area contributed by atoms with E-state index in [4.69, 9.17) is 0 Å². The summed E-state index contributed by atoms with van der Waals surface area (Å²) in [6.07, 6.45) is 2.99. The monoisotopic (exact) mass is 513 g/mol. The second kappa shape index (κ2) is 13.6. The Morgan fingerprint density at radius 3 is 2.26 bits per heavy atom. The standard InChI is InChI=1S/C22H29N3S2.C4H4O4/c1-23-12-14-24(15-13-23)10-4-11-25-19-5-2-3-6-21(19)27-22-17-18(9-16-26)7-8-20(22)25;5-3(6)1-2-4(7)8/h2-3,5-8,17,26H,4,9-16H2,1H3;1-2H,(H,5,6)(H,7,8)/p-2. The molecule has 0 radical (unpaired) electrons. The zero-order valence-electron chi connectivity index (χ0n) is 19.9. The molecule has 2 aromatic carbocycles. The minimum absolute atomic E-state index is 0.384. The predicted octanol–water partition coefficient (Wildman–Crippen LogP) is 1.44. The first-order chi connectivity index (χ1) is 16.9. The first-order valence-corrected chi connectivity index (χ1v) is 13.1. The number of fused-ring (bicyclic) bond motifs is 2. The molecule has 0 atom stereocenters. The quantitative estimate of drug-likeness (QED) is 0.419. The van der Waals surface area contributed by atoms with Crippen LogP contribution >= 0.6 is 24.4 Å². The summed E-state index contributed by atoms with van der Waals surface area (Å²) >= 11 is 6.30. The van der Waals surface area contributed by atoms with E-state index >= 15 is 0 Å². The van der Waals surface area contributed by atoms with Crippen LogP contribution < -0.4 is 15.1 Å². The minimum Gasteiger partial charge on any atom is -0.545 e. The van der Waals surface area contributed by atoms with Crippen molar-refractivity contribution in [3.05, 3.63) is 60.2 Å². The van der Waals surface area contributed by atoms with Crippen LogP contribution in [0.25, 0.3) is 0 Å². The molecule has 4 rings (SSSR count). The van der Waals surface area contributed by atoms with Gasteiger partial charge in [-0.15, -0.1) is 0 Å². The number of aliphatic carboxylic acids is 2. The van der Waals surface area contributed by atoms with E-state index in [1.54, 1.807) is 0 Å². The van der Waals surface area contributed by atoms with Crippen molar-refractivity contribution < 1.29 is 19.8 Å². The molecule has 0 aliphatic carbocycles. The highest BCUT2D eigenvalue weighted by Crippen LogP contribution is 2.48. The molecule has 0 saturated carbocycles. The Morgan fingerprint density at radius 2 is 1.60 bits per heavy atom. The Morgan fingerprint density at radius 1 is 0.943 bits per heavy atom. The molecule has 7 nitrogen and oxygen atoms in total. The zero-order chi connectivity index (χ0) is 25.2. The number of carboxylic acid groups (broad SMARTS) is 2. The summed E-state index contributed by atoms with van der Waals surface area (Å²) in [5.74, 6) is -2.20. The highest BCUT2D eigenvalue weighted by Gasteiger charge is 2.23. The molecule has 1 saturated heterocycles. The fourth-order valence-electron chi connectivity index (χ4n) is 4.06. The Labute approximate surface area is 216 Å². The Hall–Kier alpha value is -2.46. The summed E-state index contributed by atoms with van der Waals surface area (Å²) in [6.45, 7) is 7.05. The molecule has 0 N–H and O–H groups in total. The van der Waals surface area contributed by atoms with Crippen LogP contribution in [0.1, 0.15) is 12.0 Å². The van der Waals surface area contributed by atoms with Crippen molar-refractivity contribution in [2.45, 2.75) is 22.6 Å². The Bertz CT molecular complexity index is 1020. The SMILES string of the molecule is CN1CCN(CCCN2c3ccccc3Sc3cc(CCS)ccc32)CC1.O=C([O-])C=CC(=O)[O-]. The van der Waals surface area contributed by atoms with E-state index in [-0.39, 0.29) is 0 Å². The lowest BCUT2D eigenvalue weighted by Crippen LogP contribution is -2.45. The van der Waals surface area contributed by atoms with Gasteiger partial charge >= 0.3 is 0 Å². The number of carbonyl (C=O) groups excluding carboxylic acids is 2. The topological polar surface area (TPSA) is 90.0 Å². The lowest BCUT2D eigenvalue weighted by atomic mass is 10.1. The van der Waals surface area contributed by atoms with Crippen LogP contribution in [0.15, 0.2) is 64.4 Å². The third-order valence-electron chi connectivity index (χ3n) is 5.90. The molecule has 1 fully saturated rings. The van der Waals surface area contributed by atoms with E-state index in [1.165, 1.54) is 65.9 Å². The van der Waals surface area contributed by atoms with Crippen molar-refractivity contribution in [2.24, 2.45) is 0 Å². The number of hydrogen-bond acceptors (Lipinski definition) is 9. The van der Waals surface area contributed by atoms with Crippen LogP contribution in [0.2, 0.25) is 0 Å². The van der Waals surface area contributed by atoms with E-state index in [0.29, 0.717) is 12.2 Å². The van der Waals surface area contributed by atoms with Gasteiger partial charge in [0, 0.05) is 42.5 Å². The largest absolute Gasteiger partial charge is 0.545 e. The number of anilines is 2. The van der Waals surface area contributed by atoms with Gasteiger partial charge in [0.05, 0.1) is 23.3 Å². The summed E-state index contributed by atoms with van der Waals surface area (Å²) in [5.41, 5.74) is 4.10. The van der Waals surface area contributed by atoms with Crippen LogP contribution in [-0.4, -0.2) is 73.8 Å². The van der Waals surface area contributed by atoms with Gasteiger partial charge in [0.15, 0.2) is 0 Å². The average Bonchev–Trinajstić information content (AvgIpc) is 2.84.